The molecule has 0 aliphatic carbocycles. The van der Waals surface area contributed by atoms with Gasteiger partial charge in [-0.25, -0.2) is 9.59 Å². The summed E-state index contributed by atoms with van der Waals surface area (Å²) < 4.78 is 7.11. The molecule has 0 saturated heterocycles. The average Bonchev–Trinajstić information content (AvgIpc) is 2.77. The second-order valence-electron chi connectivity index (χ2n) is 9.97. The summed E-state index contributed by atoms with van der Waals surface area (Å²) in [5.74, 6) is -0.904. The van der Waals surface area contributed by atoms with E-state index >= 15 is 0 Å². The lowest BCUT2D eigenvalue weighted by Gasteiger charge is -2.23. The molecule has 3 rings (SSSR count). The summed E-state index contributed by atoms with van der Waals surface area (Å²) in [7, 11) is 0. The Kier molecular flexibility index (Phi) is 8.25. The fraction of sp³-hybridized carbons (Fsp3) is 0.321. The van der Waals surface area contributed by atoms with Crippen molar-refractivity contribution in [2.24, 2.45) is 5.92 Å². The molecule has 36 heavy (non-hydrogen) atoms. The summed E-state index contributed by atoms with van der Waals surface area (Å²) in [6, 6.07) is 12.5. The molecular formula is C28H31ClN2O5. The van der Waals surface area contributed by atoms with E-state index in [0.29, 0.717) is 33.6 Å². The second-order valence-corrected chi connectivity index (χ2v) is 10.4. The third-order valence-corrected chi connectivity index (χ3v) is 5.55. The first-order chi connectivity index (χ1) is 16.9. The molecule has 1 aromatic heterocycles. The highest BCUT2D eigenvalue weighted by molar-refractivity contribution is 6.30. The van der Waals surface area contributed by atoms with Crippen molar-refractivity contribution in [3.63, 3.8) is 0 Å². The van der Waals surface area contributed by atoms with Crippen LogP contribution in [0.25, 0.3) is 28.0 Å². The van der Waals surface area contributed by atoms with Gasteiger partial charge in [0.2, 0.25) is 0 Å². The van der Waals surface area contributed by atoms with Gasteiger partial charge in [0.05, 0.1) is 6.54 Å². The molecule has 190 valence electrons. The Labute approximate surface area is 215 Å². The van der Waals surface area contributed by atoms with E-state index in [2.05, 4.69) is 5.32 Å². The number of carboxylic acids is 1. The third-order valence-electron chi connectivity index (χ3n) is 5.30. The van der Waals surface area contributed by atoms with Crippen molar-refractivity contribution >= 4 is 40.5 Å². The number of hydrogen-bond donors (Lipinski definition) is 2. The monoisotopic (exact) mass is 510 g/mol. The number of carbonyl (C=O) groups excluding carboxylic acids is 1. The average molecular weight is 511 g/mol. The van der Waals surface area contributed by atoms with Crippen molar-refractivity contribution in [2.45, 2.75) is 53.3 Å². The maximum Gasteiger partial charge on any atom is 0.407 e. The van der Waals surface area contributed by atoms with Gasteiger partial charge < -0.3 is 19.7 Å². The highest BCUT2D eigenvalue weighted by atomic mass is 35.5. The molecule has 0 unspecified atom stereocenters. The zero-order valence-corrected chi connectivity index (χ0v) is 21.8. The van der Waals surface area contributed by atoms with Crippen LogP contribution in [0.5, 0.6) is 0 Å². The van der Waals surface area contributed by atoms with E-state index in [-0.39, 0.29) is 18.0 Å². The lowest BCUT2D eigenvalue weighted by molar-refractivity contribution is -0.131. The lowest BCUT2D eigenvalue weighted by atomic mass is 9.94. The first-order valence-electron chi connectivity index (χ1n) is 11.7. The summed E-state index contributed by atoms with van der Waals surface area (Å²) in [6.07, 6.45) is 1.94. The third kappa shape index (κ3) is 6.76. The number of carboxylic acid groups (broad SMARTS) is 1. The maximum absolute atomic E-state index is 13.7. The number of aromatic nitrogens is 1. The van der Waals surface area contributed by atoms with E-state index in [9.17, 15) is 14.4 Å². The van der Waals surface area contributed by atoms with Crippen LogP contribution in [-0.4, -0.2) is 27.3 Å². The number of carbonyl (C=O) groups is 2. The van der Waals surface area contributed by atoms with Crippen LogP contribution in [0, 0.1) is 5.92 Å². The van der Waals surface area contributed by atoms with Crippen molar-refractivity contribution in [3.05, 3.63) is 75.2 Å². The first kappa shape index (κ1) is 27.0. The number of benzene rings is 2. The van der Waals surface area contributed by atoms with Gasteiger partial charge in [-0.3, -0.25) is 4.79 Å². The molecule has 2 N–H and O–H groups in total. The molecule has 0 aliphatic heterocycles. The van der Waals surface area contributed by atoms with Crippen molar-refractivity contribution in [2.75, 3.05) is 0 Å². The van der Waals surface area contributed by atoms with Gasteiger partial charge in [0.1, 0.15) is 5.60 Å². The fourth-order valence-electron chi connectivity index (χ4n) is 3.94. The van der Waals surface area contributed by atoms with E-state index in [1.54, 1.807) is 55.7 Å². The lowest BCUT2D eigenvalue weighted by Crippen LogP contribution is -2.35. The van der Waals surface area contributed by atoms with E-state index in [0.717, 1.165) is 17.2 Å². The summed E-state index contributed by atoms with van der Waals surface area (Å²) in [5.41, 5.74) is 1.95. The SMILES string of the molecule is CC(C)Cn1c(CNC(=O)OC(C)(C)C)c(-c2ccc(Cl)cc2)c2cc(/C=C/C(=O)O)ccc2c1=O. The Morgan fingerprint density at radius 3 is 2.36 bits per heavy atom. The molecule has 0 radical (unpaired) electrons. The van der Waals surface area contributed by atoms with Gasteiger partial charge in [-0.1, -0.05) is 43.6 Å². The molecule has 1 heterocycles. The standard InChI is InChI=1S/C28H31ClN2O5/c1-17(2)16-31-23(15-30-27(35)36-28(3,4)5)25(19-8-10-20(29)11-9-19)22-14-18(7-13-24(32)33)6-12-21(22)26(31)34/h6-14,17H,15-16H2,1-5H3,(H,30,35)(H,32,33)/b13-7+. The molecule has 1 amide bonds. The second kappa shape index (κ2) is 11.0. The summed E-state index contributed by atoms with van der Waals surface area (Å²) in [6.45, 7) is 9.88. The van der Waals surface area contributed by atoms with Crippen LogP contribution in [0.3, 0.4) is 0 Å². The molecule has 0 bridgehead atoms. The highest BCUT2D eigenvalue weighted by Crippen LogP contribution is 2.33. The Bertz CT molecular complexity index is 1370. The number of halogens is 1. The number of amides is 1. The van der Waals surface area contributed by atoms with E-state index in [1.165, 1.54) is 6.08 Å². The van der Waals surface area contributed by atoms with Crippen molar-refractivity contribution in [1.29, 1.82) is 0 Å². The van der Waals surface area contributed by atoms with Crippen LogP contribution < -0.4 is 10.9 Å². The zero-order chi connectivity index (χ0) is 26.6. The topological polar surface area (TPSA) is 97.6 Å². The van der Waals surface area contributed by atoms with Crippen molar-refractivity contribution in [1.82, 2.24) is 9.88 Å². The fourth-order valence-corrected chi connectivity index (χ4v) is 4.06. The molecule has 2 aromatic carbocycles. The minimum atomic E-state index is -1.07. The van der Waals surface area contributed by atoms with Crippen LogP contribution in [0.1, 0.15) is 45.9 Å². The largest absolute Gasteiger partial charge is 0.478 e. The van der Waals surface area contributed by atoms with Gasteiger partial charge in [-0.15, -0.1) is 0 Å². The molecule has 8 heteroatoms. The number of alkyl carbamates (subject to hydrolysis) is 1. The number of rotatable bonds is 7. The molecule has 0 saturated carbocycles. The van der Waals surface area contributed by atoms with Crippen LogP contribution in [0.4, 0.5) is 4.79 Å². The number of aliphatic carboxylic acids is 1. The molecule has 0 fully saturated rings. The minimum absolute atomic E-state index is 0.0555. The Morgan fingerprint density at radius 2 is 1.78 bits per heavy atom. The Hall–Kier alpha value is -3.58. The smallest absolute Gasteiger partial charge is 0.407 e. The summed E-state index contributed by atoms with van der Waals surface area (Å²) in [5, 5.41) is 13.6. The molecule has 0 atom stereocenters. The number of fused-ring (bicyclic) bond motifs is 1. The van der Waals surface area contributed by atoms with E-state index in [4.69, 9.17) is 21.4 Å². The van der Waals surface area contributed by atoms with Crippen LogP contribution in [0.2, 0.25) is 5.02 Å². The highest BCUT2D eigenvalue weighted by Gasteiger charge is 2.21. The first-order valence-corrected chi connectivity index (χ1v) is 12.1. The quantitative estimate of drug-likeness (QED) is 0.374. The van der Waals surface area contributed by atoms with Gasteiger partial charge in [-0.05, 0) is 73.5 Å². The molecular weight excluding hydrogens is 480 g/mol. The van der Waals surface area contributed by atoms with E-state index in [1.807, 2.05) is 26.0 Å². The minimum Gasteiger partial charge on any atom is -0.478 e. The van der Waals surface area contributed by atoms with Crippen molar-refractivity contribution < 1.29 is 19.4 Å². The number of ether oxygens (including phenoxy) is 1. The number of nitrogens with zero attached hydrogens (tertiary/aromatic N) is 1. The predicted molar refractivity (Wildman–Crippen MR) is 143 cm³/mol. The number of hydrogen-bond acceptors (Lipinski definition) is 4. The normalized spacial score (nSPS) is 11.9. The van der Waals surface area contributed by atoms with Crippen LogP contribution in [0.15, 0.2) is 53.3 Å². The molecule has 3 aromatic rings. The molecule has 0 aliphatic rings. The van der Waals surface area contributed by atoms with Gasteiger partial charge in [0.15, 0.2) is 0 Å². The van der Waals surface area contributed by atoms with Crippen molar-refractivity contribution in [3.8, 4) is 11.1 Å². The zero-order valence-electron chi connectivity index (χ0n) is 21.1. The Balaban J connectivity index is 2.31. The maximum atomic E-state index is 13.7. The number of pyridine rings is 1. The van der Waals surface area contributed by atoms with Crippen LogP contribution in [-0.2, 0) is 22.6 Å². The van der Waals surface area contributed by atoms with Gasteiger partial charge in [0.25, 0.3) is 5.56 Å². The summed E-state index contributed by atoms with van der Waals surface area (Å²) >= 11 is 6.15. The van der Waals surface area contributed by atoms with Gasteiger partial charge in [0, 0.05) is 34.3 Å². The van der Waals surface area contributed by atoms with Gasteiger partial charge in [-0.2, -0.15) is 0 Å². The van der Waals surface area contributed by atoms with E-state index < -0.39 is 17.7 Å². The number of nitrogens with one attached hydrogen (secondary N) is 1. The molecule has 0 spiro atoms. The predicted octanol–water partition coefficient (Wildman–Crippen LogP) is 6.10. The Morgan fingerprint density at radius 1 is 1.11 bits per heavy atom. The van der Waals surface area contributed by atoms with Crippen LogP contribution >= 0.6 is 11.6 Å². The molecule has 7 nitrogen and oxygen atoms in total. The summed E-state index contributed by atoms with van der Waals surface area (Å²) in [4.78, 5) is 37.2. The van der Waals surface area contributed by atoms with Gasteiger partial charge >= 0.3 is 12.1 Å².